The van der Waals surface area contributed by atoms with Crippen LogP contribution in [0.4, 0.5) is 10.5 Å². The van der Waals surface area contributed by atoms with E-state index < -0.39 is 0 Å². The maximum atomic E-state index is 12.3. The minimum absolute atomic E-state index is 0.189. The van der Waals surface area contributed by atoms with Gasteiger partial charge in [0.1, 0.15) is 11.5 Å². The highest BCUT2D eigenvalue weighted by Gasteiger charge is 2.17. The lowest BCUT2D eigenvalue weighted by molar-refractivity contribution is 0.237. The van der Waals surface area contributed by atoms with Gasteiger partial charge >= 0.3 is 6.03 Å². The van der Waals surface area contributed by atoms with Gasteiger partial charge in [0.2, 0.25) is 0 Å². The molecular weight excluding hydrogens is 300 g/mol. The van der Waals surface area contributed by atoms with E-state index in [2.05, 4.69) is 0 Å². The lowest BCUT2D eigenvalue weighted by Crippen LogP contribution is -2.35. The number of amides is 2. The Balaban J connectivity index is 1.93. The summed E-state index contributed by atoms with van der Waals surface area (Å²) < 4.78 is 12.0. The summed E-state index contributed by atoms with van der Waals surface area (Å²) in [6.07, 6.45) is 0. The van der Waals surface area contributed by atoms with E-state index in [1.54, 1.807) is 26.1 Å². The highest BCUT2D eigenvalue weighted by atomic mass is 32.2. The molecule has 22 heavy (non-hydrogen) atoms. The number of anilines is 1. The molecule has 0 aliphatic carbocycles. The van der Waals surface area contributed by atoms with Crippen molar-refractivity contribution in [1.82, 2.24) is 4.31 Å². The first kappa shape index (κ1) is 16.0. The minimum Gasteiger partial charge on any atom is -0.497 e. The molecule has 2 aromatic rings. The summed E-state index contributed by atoms with van der Waals surface area (Å²) >= 11 is 0.986. The lowest BCUT2D eigenvalue weighted by Gasteiger charge is -2.23. The van der Waals surface area contributed by atoms with E-state index in [-0.39, 0.29) is 6.03 Å². The third kappa shape index (κ3) is 4.08. The molecule has 0 bridgehead atoms. The van der Waals surface area contributed by atoms with Gasteiger partial charge in [-0.3, -0.25) is 4.90 Å². The van der Waals surface area contributed by atoms with Crippen LogP contribution in [0.3, 0.4) is 0 Å². The molecule has 0 aliphatic heterocycles. The Kier molecular flexibility index (Phi) is 5.55. The maximum absolute atomic E-state index is 12.3. The molecule has 0 radical (unpaired) electrons. The van der Waals surface area contributed by atoms with Crippen LogP contribution in [0.25, 0.3) is 0 Å². The van der Waals surface area contributed by atoms with Crippen LogP contribution in [-0.4, -0.2) is 31.5 Å². The van der Waals surface area contributed by atoms with Crippen LogP contribution in [0.1, 0.15) is 0 Å². The zero-order valence-corrected chi connectivity index (χ0v) is 13.5. The molecule has 0 spiro atoms. The van der Waals surface area contributed by atoms with E-state index in [1.807, 2.05) is 54.6 Å². The van der Waals surface area contributed by atoms with Gasteiger partial charge in [-0.05, 0) is 36.4 Å². The van der Waals surface area contributed by atoms with E-state index in [4.69, 9.17) is 8.92 Å². The zero-order valence-electron chi connectivity index (χ0n) is 12.7. The van der Waals surface area contributed by atoms with Crippen LogP contribution in [-0.2, 0) is 0 Å². The Bertz CT molecular complexity index is 605. The molecule has 6 heteroatoms. The van der Waals surface area contributed by atoms with Gasteiger partial charge in [0.05, 0.1) is 7.11 Å². The van der Waals surface area contributed by atoms with E-state index in [0.717, 1.165) is 23.7 Å². The monoisotopic (exact) mass is 318 g/mol. The number of carbonyl (C=O) groups excluding carboxylic acids is 1. The third-order valence-electron chi connectivity index (χ3n) is 3.00. The predicted octanol–water partition coefficient (Wildman–Crippen LogP) is 3.83. The van der Waals surface area contributed by atoms with Crippen molar-refractivity contribution in [1.29, 1.82) is 0 Å². The molecule has 116 valence electrons. The second-order valence-electron chi connectivity index (χ2n) is 4.51. The number of nitrogens with zero attached hydrogens (tertiary/aromatic N) is 2. The summed E-state index contributed by atoms with van der Waals surface area (Å²) in [5.74, 6) is 1.44. The van der Waals surface area contributed by atoms with Crippen molar-refractivity contribution in [2.45, 2.75) is 0 Å². The van der Waals surface area contributed by atoms with Gasteiger partial charge in [-0.15, -0.1) is 0 Å². The standard InChI is InChI=1S/C16H18N2O3S/c1-17(13-9-11-14(20-3)12-10-13)16(19)18(2)22-21-15-7-5-4-6-8-15/h4-12H,1-3H3. The quantitative estimate of drug-likeness (QED) is 0.621. The number of ether oxygens (including phenoxy) is 1. The lowest BCUT2D eigenvalue weighted by atomic mass is 10.3. The highest BCUT2D eigenvalue weighted by molar-refractivity contribution is 7.93. The average Bonchev–Trinajstić information content (AvgIpc) is 2.59. The van der Waals surface area contributed by atoms with Crippen molar-refractivity contribution >= 4 is 23.9 Å². The van der Waals surface area contributed by atoms with E-state index in [9.17, 15) is 4.79 Å². The number of benzene rings is 2. The SMILES string of the molecule is COc1ccc(N(C)C(=O)N(C)SOc2ccccc2)cc1. The summed E-state index contributed by atoms with van der Waals surface area (Å²) in [6.45, 7) is 0. The number of carbonyl (C=O) groups is 1. The normalized spacial score (nSPS) is 9.95. The highest BCUT2D eigenvalue weighted by Crippen LogP contribution is 2.22. The van der Waals surface area contributed by atoms with Gasteiger partial charge in [-0.2, -0.15) is 0 Å². The topological polar surface area (TPSA) is 42.0 Å². The second-order valence-corrected chi connectivity index (χ2v) is 5.37. The Labute approximate surface area is 134 Å². The average molecular weight is 318 g/mol. The van der Waals surface area contributed by atoms with Gasteiger partial charge < -0.3 is 8.92 Å². The Hall–Kier alpha value is -2.34. The van der Waals surface area contributed by atoms with Crippen molar-refractivity contribution in [2.24, 2.45) is 0 Å². The van der Waals surface area contributed by atoms with Crippen LogP contribution in [0.5, 0.6) is 11.5 Å². The van der Waals surface area contributed by atoms with Crippen molar-refractivity contribution in [3.05, 3.63) is 54.6 Å². The van der Waals surface area contributed by atoms with Crippen molar-refractivity contribution in [3.63, 3.8) is 0 Å². The molecule has 0 saturated carbocycles. The first-order valence-corrected chi connectivity index (χ1v) is 7.37. The van der Waals surface area contributed by atoms with Crippen LogP contribution in [0.15, 0.2) is 54.6 Å². The van der Waals surface area contributed by atoms with E-state index >= 15 is 0 Å². The number of rotatable bonds is 5. The van der Waals surface area contributed by atoms with Gasteiger partial charge in [-0.25, -0.2) is 9.10 Å². The minimum atomic E-state index is -0.189. The molecule has 0 aromatic heterocycles. The van der Waals surface area contributed by atoms with Crippen LogP contribution >= 0.6 is 12.2 Å². The fourth-order valence-electron chi connectivity index (χ4n) is 1.73. The molecule has 0 aliphatic rings. The van der Waals surface area contributed by atoms with Crippen LogP contribution < -0.4 is 13.8 Å². The first-order chi connectivity index (χ1) is 10.6. The Morgan fingerprint density at radius 2 is 1.59 bits per heavy atom. The summed E-state index contributed by atoms with van der Waals surface area (Å²) in [7, 11) is 4.98. The molecule has 0 unspecified atom stereocenters. The molecule has 0 atom stereocenters. The zero-order chi connectivity index (χ0) is 15.9. The molecule has 2 rings (SSSR count). The van der Waals surface area contributed by atoms with Crippen molar-refractivity contribution in [3.8, 4) is 11.5 Å². The second kappa shape index (κ2) is 7.61. The Morgan fingerprint density at radius 3 is 2.18 bits per heavy atom. The largest absolute Gasteiger partial charge is 0.497 e. The third-order valence-corrected chi connectivity index (χ3v) is 3.65. The molecule has 2 amide bonds. The summed E-state index contributed by atoms with van der Waals surface area (Å²) in [4.78, 5) is 13.9. The van der Waals surface area contributed by atoms with Crippen molar-refractivity contribution < 1.29 is 13.7 Å². The predicted molar refractivity (Wildman–Crippen MR) is 89.2 cm³/mol. The molecule has 5 nitrogen and oxygen atoms in total. The molecule has 0 heterocycles. The van der Waals surface area contributed by atoms with E-state index in [0.29, 0.717) is 5.75 Å². The summed E-state index contributed by atoms with van der Waals surface area (Å²) in [5, 5.41) is 0. The summed E-state index contributed by atoms with van der Waals surface area (Å²) in [6, 6.07) is 16.4. The molecule has 0 fully saturated rings. The number of methoxy groups -OCH3 is 1. The molecule has 2 aromatic carbocycles. The molecular formula is C16H18N2O3S. The van der Waals surface area contributed by atoms with Crippen LogP contribution in [0.2, 0.25) is 0 Å². The van der Waals surface area contributed by atoms with Crippen LogP contribution in [0, 0.1) is 0 Å². The van der Waals surface area contributed by atoms with Gasteiger partial charge in [0.15, 0.2) is 12.2 Å². The number of para-hydroxylation sites is 1. The number of urea groups is 1. The first-order valence-electron chi connectivity index (χ1n) is 6.67. The number of hydrogen-bond donors (Lipinski definition) is 0. The summed E-state index contributed by atoms with van der Waals surface area (Å²) in [5.41, 5.74) is 0.776. The molecule has 0 saturated heterocycles. The smallest absolute Gasteiger partial charge is 0.336 e. The van der Waals surface area contributed by atoms with Gasteiger partial charge in [0.25, 0.3) is 0 Å². The van der Waals surface area contributed by atoms with Gasteiger partial charge in [-0.1, -0.05) is 18.2 Å². The maximum Gasteiger partial charge on any atom is 0.336 e. The fraction of sp³-hybridized carbons (Fsp3) is 0.188. The fourth-order valence-corrected chi connectivity index (χ4v) is 2.23. The van der Waals surface area contributed by atoms with Gasteiger partial charge in [0, 0.05) is 19.8 Å². The number of hydrogen-bond acceptors (Lipinski definition) is 4. The molecule has 0 N–H and O–H groups in total. The Morgan fingerprint density at radius 1 is 0.955 bits per heavy atom. The van der Waals surface area contributed by atoms with E-state index in [1.165, 1.54) is 4.31 Å². The van der Waals surface area contributed by atoms with Crippen molar-refractivity contribution in [2.75, 3.05) is 26.1 Å².